The Bertz CT molecular complexity index is 936. The summed E-state index contributed by atoms with van der Waals surface area (Å²) in [5.74, 6) is -1.35. The van der Waals surface area contributed by atoms with E-state index in [0.717, 1.165) is 6.07 Å². The minimum Gasteiger partial charge on any atom is -0.397 e. The van der Waals surface area contributed by atoms with Gasteiger partial charge in [-0.05, 0) is 11.6 Å². The van der Waals surface area contributed by atoms with E-state index in [9.17, 15) is 24.5 Å². The first-order valence-corrected chi connectivity index (χ1v) is 6.71. The fourth-order valence-electron chi connectivity index (χ4n) is 2.60. The molecule has 0 radical (unpaired) electrons. The van der Waals surface area contributed by atoms with Gasteiger partial charge in [-0.1, -0.05) is 24.3 Å². The molecule has 0 heterocycles. The predicted molar refractivity (Wildman–Crippen MR) is 81.0 cm³/mol. The zero-order chi connectivity index (χ0) is 16.9. The molecule has 0 aromatic heterocycles. The number of anilines is 1. The van der Waals surface area contributed by atoms with Gasteiger partial charge in [-0.15, -0.1) is 0 Å². The van der Waals surface area contributed by atoms with Crippen molar-refractivity contribution < 1.29 is 19.3 Å². The van der Waals surface area contributed by atoms with Crippen molar-refractivity contribution in [3.05, 3.63) is 68.3 Å². The molecule has 114 valence electrons. The Morgan fingerprint density at radius 1 is 1.09 bits per heavy atom. The van der Waals surface area contributed by atoms with Crippen molar-refractivity contribution in [3.8, 4) is 0 Å². The third kappa shape index (κ3) is 2.01. The second kappa shape index (κ2) is 4.99. The number of fused-ring (bicyclic) bond motifs is 2. The van der Waals surface area contributed by atoms with Crippen LogP contribution >= 0.6 is 11.6 Å². The lowest BCUT2D eigenvalue weighted by molar-refractivity contribution is -0.385. The zero-order valence-electron chi connectivity index (χ0n) is 11.3. The van der Waals surface area contributed by atoms with Crippen molar-refractivity contribution in [3.63, 3.8) is 0 Å². The summed E-state index contributed by atoms with van der Waals surface area (Å²) in [5, 5.41) is 10.2. The third-order valence-electron chi connectivity index (χ3n) is 3.63. The van der Waals surface area contributed by atoms with Gasteiger partial charge in [0.25, 0.3) is 10.9 Å². The monoisotopic (exact) mass is 330 g/mol. The van der Waals surface area contributed by atoms with Crippen LogP contribution in [-0.4, -0.2) is 21.7 Å². The van der Waals surface area contributed by atoms with Gasteiger partial charge in [-0.2, -0.15) is 0 Å². The molecule has 2 aromatic carbocycles. The molecule has 3 rings (SSSR count). The van der Waals surface area contributed by atoms with Crippen LogP contribution in [0.4, 0.5) is 11.4 Å². The lowest BCUT2D eigenvalue weighted by atomic mass is 9.81. The average molecular weight is 331 g/mol. The molecule has 0 fully saturated rings. The van der Waals surface area contributed by atoms with Gasteiger partial charge >= 0.3 is 0 Å². The van der Waals surface area contributed by atoms with Crippen molar-refractivity contribution in [2.75, 3.05) is 5.73 Å². The number of nitrogens with two attached hydrogens (primary N) is 1. The molecular weight excluding hydrogens is 324 g/mol. The van der Waals surface area contributed by atoms with Gasteiger partial charge in [0.2, 0.25) is 5.78 Å². The summed E-state index contributed by atoms with van der Waals surface area (Å²) in [5.41, 5.74) is 3.75. The summed E-state index contributed by atoms with van der Waals surface area (Å²) < 4.78 is 0. The number of carbonyl (C=O) groups is 3. The quantitative estimate of drug-likeness (QED) is 0.333. The highest BCUT2D eigenvalue weighted by molar-refractivity contribution is 6.68. The number of nitro groups is 1. The van der Waals surface area contributed by atoms with Crippen molar-refractivity contribution in [2.24, 2.45) is 0 Å². The van der Waals surface area contributed by atoms with Crippen molar-refractivity contribution in [1.82, 2.24) is 0 Å². The van der Waals surface area contributed by atoms with E-state index in [1.165, 1.54) is 12.1 Å². The number of benzene rings is 2. The molecule has 0 spiro atoms. The van der Waals surface area contributed by atoms with E-state index in [1.54, 1.807) is 12.1 Å². The van der Waals surface area contributed by atoms with Crippen molar-refractivity contribution in [1.29, 1.82) is 0 Å². The summed E-state index contributed by atoms with van der Waals surface area (Å²) in [6.45, 7) is 0. The molecule has 0 aliphatic heterocycles. The largest absolute Gasteiger partial charge is 0.397 e. The fraction of sp³-hybridized carbons (Fsp3) is 0. The molecule has 0 saturated heterocycles. The van der Waals surface area contributed by atoms with E-state index in [2.05, 4.69) is 0 Å². The minimum absolute atomic E-state index is 0.0532. The van der Waals surface area contributed by atoms with Gasteiger partial charge in [-0.3, -0.25) is 24.5 Å². The van der Waals surface area contributed by atoms with E-state index in [1.807, 2.05) is 0 Å². The van der Waals surface area contributed by atoms with Gasteiger partial charge in [-0.25, -0.2) is 0 Å². The molecule has 23 heavy (non-hydrogen) atoms. The number of nitrogen functional groups attached to an aromatic ring is 1. The lowest BCUT2D eigenvalue weighted by Gasteiger charge is -2.19. The average Bonchev–Trinajstić information content (AvgIpc) is 2.51. The van der Waals surface area contributed by atoms with Gasteiger partial charge in [0.15, 0.2) is 5.78 Å². The zero-order valence-corrected chi connectivity index (χ0v) is 12.1. The number of nitro benzene ring substituents is 1. The van der Waals surface area contributed by atoms with E-state index in [4.69, 9.17) is 17.3 Å². The topological polar surface area (TPSA) is 120 Å². The molecule has 0 unspecified atom stereocenters. The number of hydrogen-bond donors (Lipinski definition) is 1. The van der Waals surface area contributed by atoms with Crippen LogP contribution in [0.2, 0.25) is 0 Å². The molecule has 2 aromatic rings. The van der Waals surface area contributed by atoms with Gasteiger partial charge in [0.1, 0.15) is 5.56 Å². The maximum atomic E-state index is 12.6. The first-order chi connectivity index (χ1) is 10.8. The van der Waals surface area contributed by atoms with Gasteiger partial charge in [0.05, 0.1) is 21.7 Å². The summed E-state index contributed by atoms with van der Waals surface area (Å²) in [6, 6.07) is 6.73. The molecule has 2 N–H and O–H groups in total. The molecule has 8 heteroatoms. The normalized spacial score (nSPS) is 12.6. The van der Waals surface area contributed by atoms with Crippen molar-refractivity contribution in [2.45, 2.75) is 0 Å². The number of ketones is 2. The third-order valence-corrected chi connectivity index (χ3v) is 3.83. The van der Waals surface area contributed by atoms with Crippen LogP contribution in [0.5, 0.6) is 0 Å². The Morgan fingerprint density at radius 2 is 1.61 bits per heavy atom. The molecule has 0 amide bonds. The maximum absolute atomic E-state index is 12.6. The standard InChI is InChI=1S/C15H7ClN2O5/c16-15(21)8-5-9(18(22)23)10-11(12(8)17)14(20)7-4-2-1-3-6(7)13(10)19/h1-5H,17H2. The molecule has 0 bridgehead atoms. The first-order valence-electron chi connectivity index (χ1n) is 6.33. The van der Waals surface area contributed by atoms with E-state index in [0.29, 0.717) is 0 Å². The number of hydrogen-bond acceptors (Lipinski definition) is 6. The van der Waals surface area contributed by atoms with Crippen molar-refractivity contribution >= 4 is 39.8 Å². The number of nitrogens with zero attached hydrogens (tertiary/aromatic N) is 1. The van der Waals surface area contributed by atoms with Crippen LogP contribution in [0, 0.1) is 10.1 Å². The summed E-state index contributed by atoms with van der Waals surface area (Å²) >= 11 is 5.37. The summed E-state index contributed by atoms with van der Waals surface area (Å²) in [4.78, 5) is 47.0. The number of carbonyl (C=O) groups excluding carboxylic acids is 3. The SMILES string of the molecule is Nc1c(C(=O)Cl)cc([N+](=O)[O-])c2c1C(=O)c1ccccc1C2=O. The Morgan fingerprint density at radius 3 is 2.09 bits per heavy atom. The fourth-order valence-corrected chi connectivity index (χ4v) is 2.76. The van der Waals surface area contributed by atoms with Crippen LogP contribution in [0.1, 0.15) is 42.2 Å². The van der Waals surface area contributed by atoms with Gasteiger partial charge < -0.3 is 5.73 Å². The summed E-state index contributed by atoms with van der Waals surface area (Å²) in [7, 11) is 0. The minimum atomic E-state index is -1.05. The van der Waals surface area contributed by atoms with E-state index in [-0.39, 0.29) is 27.9 Å². The highest BCUT2D eigenvalue weighted by Gasteiger charge is 2.38. The molecule has 0 saturated carbocycles. The van der Waals surface area contributed by atoms with E-state index >= 15 is 0 Å². The summed E-state index contributed by atoms with van der Waals surface area (Å²) in [6.07, 6.45) is 0. The smallest absolute Gasteiger partial charge is 0.282 e. The molecule has 0 atom stereocenters. The number of rotatable bonds is 2. The highest BCUT2D eigenvalue weighted by Crippen LogP contribution is 2.38. The van der Waals surface area contributed by atoms with Crippen LogP contribution in [-0.2, 0) is 0 Å². The lowest BCUT2D eigenvalue weighted by Crippen LogP contribution is -2.24. The predicted octanol–water partition coefficient (Wildman–Crippen LogP) is 2.33. The molecule has 7 nitrogen and oxygen atoms in total. The number of halogens is 1. The maximum Gasteiger partial charge on any atom is 0.282 e. The van der Waals surface area contributed by atoms with Crippen LogP contribution in [0.3, 0.4) is 0 Å². The van der Waals surface area contributed by atoms with E-state index < -0.39 is 33.0 Å². The molecular formula is C15H7ClN2O5. The Labute approximate surface area is 133 Å². The Balaban J connectivity index is 2.46. The second-order valence-corrected chi connectivity index (χ2v) is 5.18. The highest BCUT2D eigenvalue weighted by atomic mass is 35.5. The first kappa shape index (κ1) is 14.9. The van der Waals surface area contributed by atoms with Gasteiger partial charge in [0, 0.05) is 17.2 Å². The molecule has 1 aliphatic carbocycles. The van der Waals surface area contributed by atoms with Crippen LogP contribution in [0.15, 0.2) is 30.3 Å². The second-order valence-electron chi connectivity index (χ2n) is 4.84. The Kier molecular flexibility index (Phi) is 3.23. The van der Waals surface area contributed by atoms with Crippen LogP contribution < -0.4 is 5.73 Å². The van der Waals surface area contributed by atoms with Crippen LogP contribution in [0.25, 0.3) is 0 Å². The Hall–Kier alpha value is -3.06. The molecule has 1 aliphatic rings.